The van der Waals surface area contributed by atoms with Crippen LogP contribution in [0.4, 0.5) is 0 Å². The van der Waals surface area contributed by atoms with Crippen LogP contribution in [0.5, 0.6) is 11.5 Å². The molecule has 0 aromatic heterocycles. The Balaban J connectivity index is 3.11. The Labute approximate surface area is 115 Å². The molecule has 1 aromatic carbocycles. The molecular formula is C15H20O3Si. The van der Waals surface area contributed by atoms with Gasteiger partial charge in [-0.3, -0.25) is 4.79 Å². The predicted octanol–water partition coefficient (Wildman–Crippen LogP) is 2.94. The maximum absolute atomic E-state index is 11.1. The largest absolute Gasteiger partial charge is 0.493 e. The zero-order valence-electron chi connectivity index (χ0n) is 12.2. The molecule has 0 saturated heterocycles. The van der Waals surface area contributed by atoms with E-state index in [1.807, 2.05) is 6.07 Å². The average Bonchev–Trinajstić information content (AvgIpc) is 2.36. The third kappa shape index (κ3) is 4.45. The van der Waals surface area contributed by atoms with Gasteiger partial charge in [0.2, 0.25) is 0 Å². The third-order valence-corrected chi connectivity index (χ3v) is 3.44. The average molecular weight is 276 g/mol. The summed E-state index contributed by atoms with van der Waals surface area (Å²) >= 11 is 0. The fourth-order valence-corrected chi connectivity index (χ4v) is 2.22. The fraction of sp³-hybridized carbons (Fsp3) is 0.400. The summed E-state index contributed by atoms with van der Waals surface area (Å²) in [6.45, 7) is 6.57. The van der Waals surface area contributed by atoms with E-state index in [4.69, 9.17) is 9.47 Å². The first-order chi connectivity index (χ1) is 8.91. The lowest BCUT2D eigenvalue weighted by Crippen LogP contribution is -2.16. The van der Waals surface area contributed by atoms with Crippen LogP contribution in [0.25, 0.3) is 0 Å². The van der Waals surface area contributed by atoms with Gasteiger partial charge in [-0.25, -0.2) is 0 Å². The van der Waals surface area contributed by atoms with Gasteiger partial charge in [-0.05, 0) is 17.7 Å². The van der Waals surface area contributed by atoms with Crippen LogP contribution < -0.4 is 9.47 Å². The van der Waals surface area contributed by atoms with Crippen molar-refractivity contribution in [2.24, 2.45) is 0 Å². The maximum Gasteiger partial charge on any atom is 0.161 e. The Kier molecular flexibility index (Phi) is 5.19. The van der Waals surface area contributed by atoms with E-state index < -0.39 is 8.07 Å². The SMILES string of the molecule is COc1cc(C=O)c(CC#C[Si](C)(C)C)cc1OC. The molecule has 0 bridgehead atoms. The molecule has 19 heavy (non-hydrogen) atoms. The number of ether oxygens (including phenoxy) is 2. The molecule has 0 fully saturated rings. The number of aldehydes is 1. The minimum Gasteiger partial charge on any atom is -0.493 e. The molecule has 3 nitrogen and oxygen atoms in total. The summed E-state index contributed by atoms with van der Waals surface area (Å²) in [7, 11) is 1.75. The Hall–Kier alpha value is -1.73. The first-order valence-corrected chi connectivity index (χ1v) is 9.61. The molecule has 0 aliphatic carbocycles. The molecule has 0 aliphatic rings. The molecule has 0 radical (unpaired) electrons. The lowest BCUT2D eigenvalue weighted by Gasteiger charge is -2.11. The van der Waals surface area contributed by atoms with Crippen LogP contribution in [0.1, 0.15) is 15.9 Å². The van der Waals surface area contributed by atoms with E-state index in [0.29, 0.717) is 23.5 Å². The molecule has 0 saturated carbocycles. The van der Waals surface area contributed by atoms with E-state index in [9.17, 15) is 4.79 Å². The first kappa shape index (κ1) is 15.3. The molecule has 1 rings (SSSR count). The van der Waals surface area contributed by atoms with Crippen molar-refractivity contribution >= 4 is 14.4 Å². The quantitative estimate of drug-likeness (QED) is 0.482. The van der Waals surface area contributed by atoms with Crippen molar-refractivity contribution in [1.82, 2.24) is 0 Å². The van der Waals surface area contributed by atoms with Crippen LogP contribution in [0, 0.1) is 11.5 Å². The van der Waals surface area contributed by atoms with Crippen LogP contribution in [-0.2, 0) is 6.42 Å². The van der Waals surface area contributed by atoms with Crippen molar-refractivity contribution in [3.63, 3.8) is 0 Å². The number of methoxy groups -OCH3 is 2. The minimum atomic E-state index is -1.38. The van der Waals surface area contributed by atoms with Crippen molar-refractivity contribution < 1.29 is 14.3 Å². The molecule has 0 aliphatic heterocycles. The van der Waals surface area contributed by atoms with Crippen molar-refractivity contribution in [3.8, 4) is 23.0 Å². The summed E-state index contributed by atoms with van der Waals surface area (Å²) in [4.78, 5) is 11.1. The first-order valence-electron chi connectivity index (χ1n) is 6.11. The summed E-state index contributed by atoms with van der Waals surface area (Å²) in [5.74, 6) is 4.35. The number of carbonyl (C=O) groups is 1. The lowest BCUT2D eigenvalue weighted by molar-refractivity contribution is 0.112. The fourth-order valence-electron chi connectivity index (χ4n) is 1.60. The maximum atomic E-state index is 11.1. The zero-order valence-corrected chi connectivity index (χ0v) is 13.2. The van der Waals surface area contributed by atoms with Gasteiger partial charge in [-0.15, -0.1) is 11.5 Å². The highest BCUT2D eigenvalue weighted by molar-refractivity contribution is 6.83. The second-order valence-electron chi connectivity index (χ2n) is 5.25. The highest BCUT2D eigenvalue weighted by Crippen LogP contribution is 2.30. The van der Waals surface area contributed by atoms with Crippen LogP contribution in [0.15, 0.2) is 12.1 Å². The smallest absolute Gasteiger partial charge is 0.161 e. The van der Waals surface area contributed by atoms with Crippen molar-refractivity contribution in [1.29, 1.82) is 0 Å². The van der Waals surface area contributed by atoms with Gasteiger partial charge in [0.15, 0.2) is 17.8 Å². The van der Waals surface area contributed by atoms with Crippen LogP contribution in [0.2, 0.25) is 19.6 Å². The van der Waals surface area contributed by atoms with E-state index >= 15 is 0 Å². The second kappa shape index (κ2) is 6.44. The summed E-state index contributed by atoms with van der Waals surface area (Å²) in [6, 6.07) is 3.51. The van der Waals surface area contributed by atoms with Gasteiger partial charge in [0, 0.05) is 12.0 Å². The van der Waals surface area contributed by atoms with Gasteiger partial charge in [-0.1, -0.05) is 19.6 Å². The van der Waals surface area contributed by atoms with Gasteiger partial charge in [-0.2, -0.15) is 0 Å². The third-order valence-electron chi connectivity index (χ3n) is 2.51. The van der Waals surface area contributed by atoms with Gasteiger partial charge >= 0.3 is 0 Å². The molecular weight excluding hydrogens is 256 g/mol. The Morgan fingerprint density at radius 3 is 2.21 bits per heavy atom. The molecule has 4 heteroatoms. The molecule has 0 unspecified atom stereocenters. The van der Waals surface area contributed by atoms with E-state index in [1.165, 1.54) is 0 Å². The number of hydrogen-bond donors (Lipinski definition) is 0. The van der Waals surface area contributed by atoms with Crippen molar-refractivity contribution in [2.75, 3.05) is 14.2 Å². The van der Waals surface area contributed by atoms with E-state index in [0.717, 1.165) is 11.8 Å². The Morgan fingerprint density at radius 2 is 1.74 bits per heavy atom. The number of carbonyl (C=O) groups excluding carboxylic acids is 1. The molecule has 0 spiro atoms. The number of hydrogen-bond acceptors (Lipinski definition) is 3. The molecule has 0 heterocycles. The molecule has 0 atom stereocenters. The molecule has 1 aromatic rings. The lowest BCUT2D eigenvalue weighted by atomic mass is 10.0. The highest BCUT2D eigenvalue weighted by Gasteiger charge is 2.11. The van der Waals surface area contributed by atoms with Gasteiger partial charge in [0.25, 0.3) is 0 Å². The summed E-state index contributed by atoms with van der Waals surface area (Å²) < 4.78 is 10.4. The standard InChI is InChI=1S/C15H20O3Si/c1-17-14-9-12(7-6-8-19(3,4)5)13(11-16)10-15(14)18-2/h9-11H,7H2,1-5H3. The predicted molar refractivity (Wildman–Crippen MR) is 79.8 cm³/mol. The second-order valence-corrected chi connectivity index (χ2v) is 10.0. The topological polar surface area (TPSA) is 35.5 Å². The summed E-state index contributed by atoms with van der Waals surface area (Å²) in [5, 5.41) is 0. The minimum absolute atomic E-state index is 0.554. The molecule has 0 N–H and O–H groups in total. The summed E-state index contributed by atoms with van der Waals surface area (Å²) in [5.41, 5.74) is 4.76. The van der Waals surface area contributed by atoms with E-state index in [-0.39, 0.29) is 0 Å². The number of benzene rings is 1. The summed E-state index contributed by atoms with van der Waals surface area (Å²) in [6.07, 6.45) is 1.38. The normalized spacial score (nSPS) is 10.4. The molecule has 0 amide bonds. The van der Waals surface area contributed by atoms with Crippen LogP contribution in [0.3, 0.4) is 0 Å². The van der Waals surface area contributed by atoms with Crippen LogP contribution >= 0.6 is 0 Å². The van der Waals surface area contributed by atoms with Gasteiger partial charge < -0.3 is 9.47 Å². The highest BCUT2D eigenvalue weighted by atomic mass is 28.3. The number of rotatable bonds is 4. The van der Waals surface area contributed by atoms with Gasteiger partial charge in [0.05, 0.1) is 14.2 Å². The zero-order chi connectivity index (χ0) is 14.5. The van der Waals surface area contributed by atoms with E-state index in [1.54, 1.807) is 20.3 Å². The Morgan fingerprint density at radius 1 is 1.16 bits per heavy atom. The van der Waals surface area contributed by atoms with Gasteiger partial charge in [0.1, 0.15) is 8.07 Å². The van der Waals surface area contributed by atoms with Crippen molar-refractivity contribution in [2.45, 2.75) is 26.1 Å². The molecule has 102 valence electrons. The van der Waals surface area contributed by atoms with Crippen molar-refractivity contribution in [3.05, 3.63) is 23.3 Å². The van der Waals surface area contributed by atoms with Crippen LogP contribution in [-0.4, -0.2) is 28.6 Å². The Bertz CT molecular complexity index is 519. The van der Waals surface area contributed by atoms with E-state index in [2.05, 4.69) is 31.1 Å². The monoisotopic (exact) mass is 276 g/mol.